The Kier molecular flexibility index (Phi) is 2.75. The molecule has 1 aromatic carbocycles. The van der Waals surface area contributed by atoms with Crippen LogP contribution in [0.2, 0.25) is 0 Å². The van der Waals surface area contributed by atoms with Crippen molar-refractivity contribution in [2.75, 3.05) is 5.75 Å². The molecule has 2 rings (SSSR count). The molecular formula is C13H15NS. The highest BCUT2D eigenvalue weighted by atomic mass is 32.2. The number of thioether (sulfide) groups is 1. The summed E-state index contributed by atoms with van der Waals surface area (Å²) >= 11 is 1.84. The minimum atomic E-state index is -0.171. The zero-order valence-electron chi connectivity index (χ0n) is 9.16. The second-order valence-electron chi connectivity index (χ2n) is 4.15. The molecular weight excluding hydrogens is 202 g/mol. The zero-order chi connectivity index (χ0) is 10.9. The van der Waals surface area contributed by atoms with Gasteiger partial charge in [0, 0.05) is 4.90 Å². The predicted molar refractivity (Wildman–Crippen MR) is 63.9 cm³/mol. The van der Waals surface area contributed by atoms with Crippen molar-refractivity contribution in [3.8, 4) is 6.07 Å². The Hall–Kier alpha value is -0.940. The second kappa shape index (κ2) is 3.90. The van der Waals surface area contributed by atoms with E-state index in [1.165, 1.54) is 10.5 Å². The zero-order valence-corrected chi connectivity index (χ0v) is 9.97. The third-order valence-corrected chi connectivity index (χ3v) is 4.08. The molecule has 0 radical (unpaired) electrons. The molecule has 15 heavy (non-hydrogen) atoms. The molecule has 1 fully saturated rings. The van der Waals surface area contributed by atoms with Gasteiger partial charge in [-0.3, -0.25) is 0 Å². The Labute approximate surface area is 95.5 Å². The van der Waals surface area contributed by atoms with Crippen LogP contribution in [0.1, 0.15) is 25.8 Å². The summed E-state index contributed by atoms with van der Waals surface area (Å²) in [5.74, 6) is 1.62. The van der Waals surface area contributed by atoms with Crippen LogP contribution >= 0.6 is 11.8 Å². The molecule has 0 saturated heterocycles. The maximum Gasteiger partial charge on any atom is 0.0851 e. The number of benzene rings is 1. The van der Waals surface area contributed by atoms with Crippen LogP contribution in [0.3, 0.4) is 0 Å². The molecule has 0 amide bonds. The summed E-state index contributed by atoms with van der Waals surface area (Å²) in [6.45, 7) is 4.30. The van der Waals surface area contributed by atoms with E-state index in [1.54, 1.807) is 0 Å². The van der Waals surface area contributed by atoms with E-state index in [0.717, 1.165) is 12.2 Å². The summed E-state index contributed by atoms with van der Waals surface area (Å²) in [4.78, 5) is 1.29. The third-order valence-electron chi connectivity index (χ3n) is 3.19. The Morgan fingerprint density at radius 3 is 2.47 bits per heavy atom. The predicted octanol–water partition coefficient (Wildman–Crippen LogP) is 3.60. The van der Waals surface area contributed by atoms with Crippen molar-refractivity contribution >= 4 is 11.8 Å². The van der Waals surface area contributed by atoms with E-state index >= 15 is 0 Å². The van der Waals surface area contributed by atoms with Gasteiger partial charge in [0.05, 0.1) is 11.5 Å². The number of nitrogens with zero attached hydrogens (tertiary/aromatic N) is 1. The van der Waals surface area contributed by atoms with E-state index < -0.39 is 0 Å². The van der Waals surface area contributed by atoms with Gasteiger partial charge < -0.3 is 0 Å². The van der Waals surface area contributed by atoms with Crippen molar-refractivity contribution in [2.24, 2.45) is 5.92 Å². The summed E-state index contributed by atoms with van der Waals surface area (Å²) in [6.07, 6.45) is 1.02. The molecule has 2 heteroatoms. The van der Waals surface area contributed by atoms with E-state index in [1.807, 2.05) is 11.8 Å². The van der Waals surface area contributed by atoms with Crippen molar-refractivity contribution in [3.05, 3.63) is 29.8 Å². The van der Waals surface area contributed by atoms with Crippen LogP contribution in [-0.4, -0.2) is 5.75 Å². The third kappa shape index (κ3) is 1.77. The van der Waals surface area contributed by atoms with E-state index in [2.05, 4.69) is 44.2 Å². The maximum atomic E-state index is 9.20. The first-order chi connectivity index (χ1) is 7.23. The van der Waals surface area contributed by atoms with Gasteiger partial charge in [0.25, 0.3) is 0 Å². The SMILES string of the molecule is CCSc1ccc(C2(C#N)CC2C)cc1. The molecule has 78 valence electrons. The lowest BCUT2D eigenvalue weighted by Crippen LogP contribution is -2.05. The molecule has 1 aliphatic carbocycles. The number of hydrogen-bond donors (Lipinski definition) is 0. The van der Waals surface area contributed by atoms with Crippen LogP contribution in [0.15, 0.2) is 29.2 Å². The standard InChI is InChI=1S/C13H15NS/c1-3-15-12-6-4-11(5-7-12)13(9-14)8-10(13)2/h4-7,10H,3,8H2,1-2H3. The van der Waals surface area contributed by atoms with Crippen molar-refractivity contribution in [1.29, 1.82) is 5.26 Å². The smallest absolute Gasteiger partial charge is 0.0851 e. The molecule has 1 aromatic rings. The van der Waals surface area contributed by atoms with Crippen molar-refractivity contribution in [3.63, 3.8) is 0 Å². The molecule has 0 aliphatic heterocycles. The van der Waals surface area contributed by atoms with Gasteiger partial charge in [-0.2, -0.15) is 5.26 Å². The lowest BCUT2D eigenvalue weighted by Gasteiger charge is -2.08. The second-order valence-corrected chi connectivity index (χ2v) is 5.48. The Balaban J connectivity index is 2.22. The van der Waals surface area contributed by atoms with Gasteiger partial charge in [-0.1, -0.05) is 26.0 Å². The van der Waals surface area contributed by atoms with Gasteiger partial charge in [0.2, 0.25) is 0 Å². The minimum absolute atomic E-state index is 0.171. The molecule has 0 spiro atoms. The molecule has 0 N–H and O–H groups in total. The van der Waals surface area contributed by atoms with E-state index in [0.29, 0.717) is 5.92 Å². The molecule has 1 nitrogen and oxygen atoms in total. The highest BCUT2D eigenvalue weighted by Crippen LogP contribution is 2.53. The van der Waals surface area contributed by atoms with Gasteiger partial charge >= 0.3 is 0 Å². The average Bonchev–Trinajstić information content (AvgIpc) is 2.92. The monoisotopic (exact) mass is 217 g/mol. The molecule has 0 aromatic heterocycles. The molecule has 2 atom stereocenters. The van der Waals surface area contributed by atoms with Crippen LogP contribution in [0.5, 0.6) is 0 Å². The van der Waals surface area contributed by atoms with Crippen LogP contribution in [0.25, 0.3) is 0 Å². The van der Waals surface area contributed by atoms with Crippen LogP contribution < -0.4 is 0 Å². The van der Waals surface area contributed by atoms with Gasteiger partial charge in [-0.15, -0.1) is 11.8 Å². The summed E-state index contributed by atoms with van der Waals surface area (Å²) in [5.41, 5.74) is 1.02. The Morgan fingerprint density at radius 2 is 2.07 bits per heavy atom. The van der Waals surface area contributed by atoms with Crippen LogP contribution in [0.4, 0.5) is 0 Å². The van der Waals surface area contributed by atoms with Crippen molar-refractivity contribution in [1.82, 2.24) is 0 Å². The first-order valence-corrected chi connectivity index (χ1v) is 6.36. The number of rotatable bonds is 3. The number of hydrogen-bond acceptors (Lipinski definition) is 2. The topological polar surface area (TPSA) is 23.8 Å². The molecule has 0 heterocycles. The first-order valence-electron chi connectivity index (χ1n) is 5.37. The summed E-state index contributed by atoms with van der Waals surface area (Å²) in [6, 6.07) is 11.0. The fraction of sp³-hybridized carbons (Fsp3) is 0.462. The summed E-state index contributed by atoms with van der Waals surface area (Å²) in [7, 11) is 0. The summed E-state index contributed by atoms with van der Waals surface area (Å²) < 4.78 is 0. The van der Waals surface area contributed by atoms with E-state index in [-0.39, 0.29) is 5.41 Å². The van der Waals surface area contributed by atoms with Gasteiger partial charge in [0.15, 0.2) is 0 Å². The molecule has 1 aliphatic rings. The maximum absolute atomic E-state index is 9.20. The normalized spacial score (nSPS) is 28.5. The van der Waals surface area contributed by atoms with Crippen molar-refractivity contribution in [2.45, 2.75) is 30.6 Å². The highest BCUT2D eigenvalue weighted by molar-refractivity contribution is 7.99. The number of nitriles is 1. The van der Waals surface area contributed by atoms with Gasteiger partial charge in [0.1, 0.15) is 0 Å². The average molecular weight is 217 g/mol. The van der Waals surface area contributed by atoms with Crippen LogP contribution in [0, 0.1) is 17.2 Å². The largest absolute Gasteiger partial charge is 0.197 e. The fourth-order valence-electron chi connectivity index (χ4n) is 2.06. The fourth-order valence-corrected chi connectivity index (χ4v) is 2.72. The van der Waals surface area contributed by atoms with Crippen LogP contribution in [-0.2, 0) is 5.41 Å². The van der Waals surface area contributed by atoms with Crippen molar-refractivity contribution < 1.29 is 0 Å². The molecule has 0 bridgehead atoms. The first kappa shape index (κ1) is 10.6. The molecule has 1 saturated carbocycles. The van der Waals surface area contributed by atoms with Gasteiger partial charge in [-0.25, -0.2) is 0 Å². The van der Waals surface area contributed by atoms with E-state index in [9.17, 15) is 5.26 Å². The lowest BCUT2D eigenvalue weighted by atomic mass is 9.95. The van der Waals surface area contributed by atoms with Gasteiger partial charge in [-0.05, 0) is 35.8 Å². The quantitative estimate of drug-likeness (QED) is 0.722. The highest BCUT2D eigenvalue weighted by Gasteiger charge is 2.53. The lowest BCUT2D eigenvalue weighted by molar-refractivity contribution is 0.791. The van der Waals surface area contributed by atoms with E-state index in [4.69, 9.17) is 0 Å². The molecule has 2 unspecified atom stereocenters. The minimum Gasteiger partial charge on any atom is -0.197 e. The summed E-state index contributed by atoms with van der Waals surface area (Å²) in [5, 5.41) is 9.20. The Bertz CT molecular complexity index is 390. The Morgan fingerprint density at radius 1 is 1.47 bits per heavy atom.